The van der Waals surface area contributed by atoms with Gasteiger partial charge in [-0.05, 0) is 25.2 Å². The van der Waals surface area contributed by atoms with Gasteiger partial charge in [0.2, 0.25) is 11.8 Å². The molecule has 212 valence electrons. The van der Waals surface area contributed by atoms with Gasteiger partial charge in [0.15, 0.2) is 0 Å². The number of aliphatic hydroxyl groups is 1. The normalized spacial score (nSPS) is 33.2. The molecular formula is C28H43N3O6S. The van der Waals surface area contributed by atoms with E-state index < -0.39 is 28.7 Å². The average molecular weight is 550 g/mol. The highest BCUT2D eigenvalue weighted by Crippen LogP contribution is 2.69. The summed E-state index contributed by atoms with van der Waals surface area (Å²) in [5.41, 5.74) is 0. The highest BCUT2D eigenvalue weighted by molar-refractivity contribution is 8.02. The van der Waals surface area contributed by atoms with Crippen molar-refractivity contribution in [3.05, 3.63) is 25.3 Å². The van der Waals surface area contributed by atoms with Crippen LogP contribution < -0.4 is 0 Å². The van der Waals surface area contributed by atoms with Crippen LogP contribution in [0.25, 0.3) is 0 Å². The van der Waals surface area contributed by atoms with Crippen LogP contribution in [-0.4, -0.2) is 119 Å². The van der Waals surface area contributed by atoms with Crippen LogP contribution in [0.15, 0.2) is 25.3 Å². The summed E-state index contributed by atoms with van der Waals surface area (Å²) in [7, 11) is 0. The molecule has 4 saturated heterocycles. The Morgan fingerprint density at radius 3 is 2.68 bits per heavy atom. The van der Waals surface area contributed by atoms with Crippen molar-refractivity contribution in [2.75, 3.05) is 59.2 Å². The molecule has 1 spiro atoms. The maximum atomic E-state index is 14.5. The van der Waals surface area contributed by atoms with Crippen molar-refractivity contribution < 1.29 is 29.0 Å². The van der Waals surface area contributed by atoms with Gasteiger partial charge < -0.3 is 24.4 Å². The van der Waals surface area contributed by atoms with Gasteiger partial charge in [0.25, 0.3) is 0 Å². The third-order valence-electron chi connectivity index (χ3n) is 8.78. The number of fused-ring (bicyclic) bond motifs is 1. The van der Waals surface area contributed by atoms with E-state index in [0.717, 1.165) is 19.5 Å². The molecule has 4 aliphatic heterocycles. The number of nitrogens with zero attached hydrogens (tertiary/aromatic N) is 3. The summed E-state index contributed by atoms with van der Waals surface area (Å²) in [6, 6.07) is -1.25. The van der Waals surface area contributed by atoms with Crippen molar-refractivity contribution in [3.8, 4) is 0 Å². The first kappa shape index (κ1) is 29.1. The molecule has 4 aliphatic rings. The number of aliphatic hydroxyl groups excluding tert-OH is 1. The lowest BCUT2D eigenvalue weighted by Crippen LogP contribution is -2.59. The smallest absolute Gasteiger partial charge is 0.310 e. The highest BCUT2D eigenvalue weighted by atomic mass is 32.2. The number of amides is 2. The second kappa shape index (κ2) is 12.5. The quantitative estimate of drug-likeness (QED) is 0.210. The van der Waals surface area contributed by atoms with Crippen LogP contribution in [0.1, 0.15) is 33.1 Å². The molecule has 4 fully saturated rings. The van der Waals surface area contributed by atoms with Crippen molar-refractivity contribution in [1.82, 2.24) is 14.7 Å². The molecule has 1 N–H and O–H groups in total. The average Bonchev–Trinajstić information content (AvgIpc) is 3.51. The van der Waals surface area contributed by atoms with Gasteiger partial charge in [0.05, 0.1) is 49.1 Å². The summed E-state index contributed by atoms with van der Waals surface area (Å²) in [4.78, 5) is 47.7. The van der Waals surface area contributed by atoms with Crippen LogP contribution >= 0.6 is 11.8 Å². The van der Waals surface area contributed by atoms with E-state index in [-0.39, 0.29) is 42.2 Å². The molecular weight excluding hydrogens is 506 g/mol. The molecule has 9 nitrogen and oxygen atoms in total. The number of carbonyl (C=O) groups excluding carboxylic acids is 3. The lowest BCUT2D eigenvalue weighted by Gasteiger charge is -2.42. The zero-order chi connectivity index (χ0) is 27.4. The molecule has 4 heterocycles. The SMILES string of the molecule is C=CCCOC(=O)[C@@H]1[C@H]2C(=O)N([C@@H](CC)CO)C(C(=O)N(CC=C)CCN3CCOCC3)C23S[C@@H]1CC3C. The minimum Gasteiger partial charge on any atom is -0.465 e. The molecule has 38 heavy (non-hydrogen) atoms. The third-order valence-corrected chi connectivity index (χ3v) is 10.9. The largest absolute Gasteiger partial charge is 0.465 e. The number of rotatable bonds is 13. The number of hydrogen-bond acceptors (Lipinski definition) is 8. The first-order chi connectivity index (χ1) is 18.3. The maximum absolute atomic E-state index is 14.5. The molecule has 0 radical (unpaired) electrons. The van der Waals surface area contributed by atoms with Crippen molar-refractivity contribution in [1.29, 1.82) is 0 Å². The van der Waals surface area contributed by atoms with Gasteiger partial charge in [-0.1, -0.05) is 26.0 Å². The van der Waals surface area contributed by atoms with E-state index in [0.29, 0.717) is 45.7 Å². The molecule has 10 heteroatoms. The van der Waals surface area contributed by atoms with Crippen LogP contribution in [0.2, 0.25) is 0 Å². The van der Waals surface area contributed by atoms with Gasteiger partial charge in [0.1, 0.15) is 6.04 Å². The van der Waals surface area contributed by atoms with E-state index in [2.05, 4.69) is 25.0 Å². The number of carbonyl (C=O) groups is 3. The van der Waals surface area contributed by atoms with Crippen molar-refractivity contribution in [3.63, 3.8) is 0 Å². The van der Waals surface area contributed by atoms with E-state index in [1.165, 1.54) is 0 Å². The minimum absolute atomic E-state index is 0.0589. The molecule has 0 aromatic heterocycles. The van der Waals surface area contributed by atoms with E-state index in [9.17, 15) is 19.5 Å². The molecule has 0 saturated carbocycles. The van der Waals surface area contributed by atoms with Gasteiger partial charge in [-0.25, -0.2) is 0 Å². The van der Waals surface area contributed by atoms with Crippen LogP contribution in [0.5, 0.6) is 0 Å². The maximum Gasteiger partial charge on any atom is 0.310 e. The van der Waals surface area contributed by atoms with Crippen molar-refractivity contribution in [2.24, 2.45) is 17.8 Å². The summed E-state index contributed by atoms with van der Waals surface area (Å²) < 4.78 is 10.3. The highest BCUT2D eigenvalue weighted by Gasteiger charge is 2.77. The Labute approximate surface area is 230 Å². The summed E-state index contributed by atoms with van der Waals surface area (Å²) >= 11 is 1.63. The lowest BCUT2D eigenvalue weighted by molar-refractivity contribution is -0.155. The fraction of sp³-hybridized carbons (Fsp3) is 0.750. The molecule has 0 aliphatic carbocycles. The lowest BCUT2D eigenvalue weighted by atomic mass is 9.66. The van der Waals surface area contributed by atoms with E-state index in [4.69, 9.17) is 9.47 Å². The summed E-state index contributed by atoms with van der Waals surface area (Å²) in [6.07, 6.45) is 5.23. The van der Waals surface area contributed by atoms with Gasteiger partial charge in [-0.2, -0.15) is 0 Å². The van der Waals surface area contributed by atoms with Crippen LogP contribution in [0, 0.1) is 17.8 Å². The molecule has 2 amide bonds. The standard InChI is InChI=1S/C28H43N3O6S/c1-5-8-14-37-27(35)22-21-17-19(4)28(38-21)23(22)25(33)31(20(7-3)18-32)24(28)26(34)30(9-6-2)11-10-29-12-15-36-16-13-29/h5-6,19-24,32H,1-2,7-18H2,3-4H3/t19?,20-,21+,22-,23-,24?,28?/m0/s1. The molecule has 7 atom stereocenters. The van der Waals surface area contributed by atoms with E-state index >= 15 is 0 Å². The number of esters is 1. The number of ether oxygens (including phenoxy) is 2. The number of likely N-dealkylation sites (tertiary alicyclic amines) is 1. The molecule has 3 unspecified atom stereocenters. The van der Waals surface area contributed by atoms with Crippen molar-refractivity contribution >= 4 is 29.5 Å². The molecule has 2 bridgehead atoms. The second-order valence-electron chi connectivity index (χ2n) is 10.8. The second-order valence-corrected chi connectivity index (χ2v) is 12.4. The fourth-order valence-electron chi connectivity index (χ4n) is 6.86. The predicted molar refractivity (Wildman–Crippen MR) is 146 cm³/mol. The third kappa shape index (κ3) is 5.05. The Balaban J connectivity index is 1.67. The zero-order valence-electron chi connectivity index (χ0n) is 22.8. The summed E-state index contributed by atoms with van der Waals surface area (Å²) in [5.74, 6) is -1.87. The van der Waals surface area contributed by atoms with Crippen LogP contribution in [0.3, 0.4) is 0 Å². The van der Waals surface area contributed by atoms with Gasteiger partial charge in [0, 0.05) is 38.0 Å². The summed E-state index contributed by atoms with van der Waals surface area (Å²) in [5, 5.41) is 10.2. The van der Waals surface area contributed by atoms with Crippen molar-refractivity contribution in [2.45, 2.75) is 55.2 Å². The minimum atomic E-state index is -0.752. The number of thioether (sulfide) groups is 1. The molecule has 0 aromatic rings. The van der Waals surface area contributed by atoms with Gasteiger partial charge >= 0.3 is 5.97 Å². The van der Waals surface area contributed by atoms with Crippen LogP contribution in [0.4, 0.5) is 0 Å². The Morgan fingerprint density at radius 1 is 1.32 bits per heavy atom. The monoisotopic (exact) mass is 549 g/mol. The predicted octanol–water partition coefficient (Wildman–Crippen LogP) is 1.56. The summed E-state index contributed by atoms with van der Waals surface area (Å²) in [6.45, 7) is 16.2. The van der Waals surface area contributed by atoms with Crippen LogP contribution in [-0.2, 0) is 23.9 Å². The first-order valence-electron chi connectivity index (χ1n) is 13.9. The Hall–Kier alpha value is -1.88. The number of morpholine rings is 1. The van der Waals surface area contributed by atoms with E-state index in [1.807, 2.05) is 6.92 Å². The number of hydrogen-bond donors (Lipinski definition) is 1. The van der Waals surface area contributed by atoms with Gasteiger partial charge in [-0.3, -0.25) is 19.3 Å². The Morgan fingerprint density at radius 2 is 2.05 bits per heavy atom. The molecule has 0 aromatic carbocycles. The zero-order valence-corrected chi connectivity index (χ0v) is 23.6. The molecule has 4 rings (SSSR count). The fourth-order valence-corrected chi connectivity index (χ4v) is 9.25. The Kier molecular flexibility index (Phi) is 9.60. The van der Waals surface area contributed by atoms with E-state index in [1.54, 1.807) is 33.7 Å². The first-order valence-corrected chi connectivity index (χ1v) is 14.8. The van der Waals surface area contributed by atoms with Gasteiger partial charge in [-0.15, -0.1) is 24.9 Å². The topological polar surface area (TPSA) is 99.6 Å². The Bertz CT molecular complexity index is 907.